The molecule has 0 aliphatic carbocycles. The van der Waals surface area contributed by atoms with Gasteiger partial charge in [-0.1, -0.05) is 17.7 Å². The highest BCUT2D eigenvalue weighted by atomic mass is 35.5. The summed E-state index contributed by atoms with van der Waals surface area (Å²) in [5.74, 6) is -0.0919. The lowest BCUT2D eigenvalue weighted by Crippen LogP contribution is -2.13. The normalized spacial score (nSPS) is 11.2. The summed E-state index contributed by atoms with van der Waals surface area (Å²) in [6.45, 7) is 0. The van der Waals surface area contributed by atoms with Crippen molar-refractivity contribution in [3.05, 3.63) is 53.3 Å². The summed E-state index contributed by atoms with van der Waals surface area (Å²) in [6.07, 6.45) is 0. The zero-order chi connectivity index (χ0) is 14.8. The van der Waals surface area contributed by atoms with E-state index in [4.69, 9.17) is 16.3 Å². The molecule has 0 amide bonds. The Hall–Kier alpha value is -1.79. The molecule has 0 heterocycles. The molecule has 0 aliphatic heterocycles. The Morgan fingerprint density at radius 3 is 2.60 bits per heavy atom. The maximum absolute atomic E-state index is 12.9. The van der Waals surface area contributed by atoms with Crippen molar-refractivity contribution < 1.29 is 17.5 Å². The molecule has 4 nitrogen and oxygen atoms in total. The lowest BCUT2D eigenvalue weighted by atomic mass is 10.3. The van der Waals surface area contributed by atoms with E-state index in [0.717, 1.165) is 18.2 Å². The highest BCUT2D eigenvalue weighted by Crippen LogP contribution is 2.25. The molecule has 0 spiro atoms. The lowest BCUT2D eigenvalue weighted by Gasteiger charge is -2.10. The Balaban J connectivity index is 2.35. The predicted octanol–water partition coefficient (Wildman–Crippen LogP) is 3.29. The van der Waals surface area contributed by atoms with Crippen LogP contribution in [0.1, 0.15) is 0 Å². The molecule has 0 bridgehead atoms. The zero-order valence-electron chi connectivity index (χ0n) is 10.4. The molecule has 0 atom stereocenters. The van der Waals surface area contributed by atoms with Crippen molar-refractivity contribution in [2.45, 2.75) is 4.90 Å². The molecule has 0 aliphatic rings. The first kappa shape index (κ1) is 14.6. The van der Waals surface area contributed by atoms with E-state index < -0.39 is 15.8 Å². The molecule has 7 heteroatoms. The number of methoxy groups -OCH3 is 1. The van der Waals surface area contributed by atoms with Gasteiger partial charge in [0, 0.05) is 6.07 Å². The van der Waals surface area contributed by atoms with Crippen LogP contribution in [0.15, 0.2) is 47.4 Å². The number of hydrogen-bond donors (Lipinski definition) is 1. The number of sulfonamides is 1. The number of anilines is 1. The van der Waals surface area contributed by atoms with Crippen LogP contribution in [-0.4, -0.2) is 15.5 Å². The fourth-order valence-electron chi connectivity index (χ4n) is 1.59. The molecule has 0 unspecified atom stereocenters. The second-order valence-electron chi connectivity index (χ2n) is 3.91. The lowest BCUT2D eigenvalue weighted by molar-refractivity contribution is 0.415. The zero-order valence-corrected chi connectivity index (χ0v) is 12.0. The summed E-state index contributed by atoms with van der Waals surface area (Å²) >= 11 is 5.75. The molecule has 0 saturated heterocycles. The van der Waals surface area contributed by atoms with E-state index in [1.165, 1.54) is 13.2 Å². The van der Waals surface area contributed by atoms with Crippen LogP contribution in [-0.2, 0) is 10.0 Å². The van der Waals surface area contributed by atoms with Crippen molar-refractivity contribution in [1.29, 1.82) is 0 Å². The Kier molecular flexibility index (Phi) is 4.15. The number of benzene rings is 2. The maximum Gasteiger partial charge on any atom is 0.263 e. The van der Waals surface area contributed by atoms with Gasteiger partial charge in [0.25, 0.3) is 10.0 Å². The molecular formula is C13H11ClFNO3S. The van der Waals surface area contributed by atoms with Crippen molar-refractivity contribution in [1.82, 2.24) is 0 Å². The number of halogens is 2. The van der Waals surface area contributed by atoms with Gasteiger partial charge in [0.2, 0.25) is 0 Å². The first-order valence-electron chi connectivity index (χ1n) is 5.54. The second-order valence-corrected chi connectivity index (χ2v) is 5.97. The Labute approximate surface area is 121 Å². The van der Waals surface area contributed by atoms with Crippen molar-refractivity contribution in [2.24, 2.45) is 0 Å². The van der Waals surface area contributed by atoms with Crippen molar-refractivity contribution in [3.63, 3.8) is 0 Å². The molecule has 0 fully saturated rings. The Morgan fingerprint density at radius 1 is 1.20 bits per heavy atom. The molecule has 20 heavy (non-hydrogen) atoms. The van der Waals surface area contributed by atoms with Crippen molar-refractivity contribution in [3.8, 4) is 5.75 Å². The summed E-state index contributed by atoms with van der Waals surface area (Å²) in [5.41, 5.74) is 0.324. The molecule has 2 aromatic rings. The number of rotatable bonds is 4. The maximum atomic E-state index is 12.9. The fourth-order valence-corrected chi connectivity index (χ4v) is 3.17. The van der Waals surface area contributed by atoms with Crippen LogP contribution in [0.4, 0.5) is 10.1 Å². The largest absolute Gasteiger partial charge is 0.497 e. The van der Waals surface area contributed by atoms with Crippen LogP contribution in [0.2, 0.25) is 5.02 Å². The fraction of sp³-hybridized carbons (Fsp3) is 0.0769. The Bertz CT molecular complexity index is 734. The molecule has 106 valence electrons. The number of hydrogen-bond acceptors (Lipinski definition) is 3. The quantitative estimate of drug-likeness (QED) is 0.942. The van der Waals surface area contributed by atoms with E-state index in [2.05, 4.69) is 4.72 Å². The SMILES string of the molecule is COc1cccc(NS(=O)(=O)c2ccc(F)cc2Cl)c1. The molecule has 0 radical (unpaired) electrons. The van der Waals surface area contributed by atoms with Crippen LogP contribution >= 0.6 is 11.6 Å². The minimum absolute atomic E-state index is 0.180. The van der Waals surface area contributed by atoms with Crippen LogP contribution in [0, 0.1) is 5.82 Å². The smallest absolute Gasteiger partial charge is 0.263 e. The highest BCUT2D eigenvalue weighted by molar-refractivity contribution is 7.92. The molecule has 0 saturated carbocycles. The summed E-state index contributed by atoms with van der Waals surface area (Å²) in [6, 6.07) is 9.51. The van der Waals surface area contributed by atoms with Gasteiger partial charge < -0.3 is 4.74 Å². The Morgan fingerprint density at radius 2 is 1.95 bits per heavy atom. The van der Waals surface area contributed by atoms with E-state index in [1.807, 2.05) is 0 Å². The number of nitrogens with one attached hydrogen (secondary N) is 1. The first-order chi connectivity index (χ1) is 9.42. The van der Waals surface area contributed by atoms with Gasteiger partial charge in [-0.3, -0.25) is 4.72 Å². The van der Waals surface area contributed by atoms with Crippen molar-refractivity contribution in [2.75, 3.05) is 11.8 Å². The first-order valence-corrected chi connectivity index (χ1v) is 7.40. The number of ether oxygens (including phenoxy) is 1. The van der Waals surface area contributed by atoms with Gasteiger partial charge in [0.15, 0.2) is 0 Å². The predicted molar refractivity (Wildman–Crippen MR) is 75.2 cm³/mol. The van der Waals surface area contributed by atoms with Gasteiger partial charge in [0.1, 0.15) is 16.5 Å². The van der Waals surface area contributed by atoms with Gasteiger partial charge in [-0.15, -0.1) is 0 Å². The van der Waals surface area contributed by atoms with Crippen molar-refractivity contribution >= 4 is 27.3 Å². The van der Waals surface area contributed by atoms with Gasteiger partial charge in [-0.25, -0.2) is 12.8 Å². The van der Waals surface area contributed by atoms with Gasteiger partial charge >= 0.3 is 0 Å². The van der Waals surface area contributed by atoms with Gasteiger partial charge in [-0.2, -0.15) is 0 Å². The average Bonchev–Trinajstić information content (AvgIpc) is 2.37. The monoisotopic (exact) mass is 315 g/mol. The van der Waals surface area contributed by atoms with Gasteiger partial charge in [-0.05, 0) is 30.3 Å². The van der Waals surface area contributed by atoms with Gasteiger partial charge in [0.05, 0.1) is 17.8 Å². The van der Waals surface area contributed by atoms with Crippen LogP contribution in [0.25, 0.3) is 0 Å². The molecule has 2 rings (SSSR count). The van der Waals surface area contributed by atoms with E-state index >= 15 is 0 Å². The van der Waals surface area contributed by atoms with Crippen LogP contribution in [0.5, 0.6) is 5.75 Å². The topological polar surface area (TPSA) is 55.4 Å². The summed E-state index contributed by atoms with van der Waals surface area (Å²) in [5, 5.41) is -0.180. The average molecular weight is 316 g/mol. The minimum atomic E-state index is -3.89. The van der Waals surface area contributed by atoms with E-state index in [-0.39, 0.29) is 9.92 Å². The summed E-state index contributed by atoms with van der Waals surface area (Å²) < 4.78 is 44.7. The summed E-state index contributed by atoms with van der Waals surface area (Å²) in [4.78, 5) is -0.191. The summed E-state index contributed by atoms with van der Waals surface area (Å²) in [7, 11) is -2.41. The molecule has 1 N–H and O–H groups in total. The molecule has 2 aromatic carbocycles. The third kappa shape index (κ3) is 3.20. The molecular weight excluding hydrogens is 305 g/mol. The van der Waals surface area contributed by atoms with Crippen LogP contribution < -0.4 is 9.46 Å². The van der Waals surface area contributed by atoms with Crippen LogP contribution in [0.3, 0.4) is 0 Å². The highest BCUT2D eigenvalue weighted by Gasteiger charge is 2.18. The molecule has 0 aromatic heterocycles. The van der Waals surface area contributed by atoms with E-state index in [1.54, 1.807) is 18.2 Å². The van der Waals surface area contributed by atoms with E-state index in [0.29, 0.717) is 11.4 Å². The minimum Gasteiger partial charge on any atom is -0.497 e. The van der Waals surface area contributed by atoms with E-state index in [9.17, 15) is 12.8 Å². The third-order valence-corrected chi connectivity index (χ3v) is 4.37. The second kappa shape index (κ2) is 5.68. The standard InChI is InChI=1S/C13H11ClFNO3S/c1-19-11-4-2-3-10(8-11)16-20(17,18)13-6-5-9(15)7-12(13)14/h2-8,16H,1H3. The third-order valence-electron chi connectivity index (χ3n) is 2.51.